The molecule has 0 fully saturated rings. The van der Waals surface area contributed by atoms with Crippen molar-refractivity contribution in [3.8, 4) is 5.75 Å². The Morgan fingerprint density at radius 2 is 2.20 bits per heavy atom. The first-order chi connectivity index (χ1) is 7.04. The maximum absolute atomic E-state index is 11.6. The topological polar surface area (TPSA) is 69.6 Å². The lowest BCUT2D eigenvalue weighted by molar-refractivity contribution is 0.0922. The summed E-state index contributed by atoms with van der Waals surface area (Å²) in [5.74, 6) is -0.0820. The van der Waals surface area contributed by atoms with Gasteiger partial charge in [0.1, 0.15) is 5.75 Å². The van der Waals surface area contributed by atoms with Crippen LogP contribution in [0.1, 0.15) is 22.8 Å². The van der Waals surface area contributed by atoms with E-state index in [1.54, 1.807) is 26.0 Å². The van der Waals surface area contributed by atoms with Crippen LogP contribution in [0.3, 0.4) is 0 Å². The summed E-state index contributed by atoms with van der Waals surface area (Å²) in [7, 11) is 0. The maximum Gasteiger partial charge on any atom is 0.251 e. The molecule has 0 unspecified atom stereocenters. The average Bonchev–Trinajstić information content (AvgIpc) is 2.21. The van der Waals surface area contributed by atoms with Crippen LogP contribution >= 0.6 is 0 Å². The van der Waals surface area contributed by atoms with Gasteiger partial charge < -0.3 is 15.5 Å². The molecule has 1 rings (SSSR count). The maximum atomic E-state index is 11.6. The Morgan fingerprint density at radius 1 is 1.53 bits per heavy atom. The second kappa shape index (κ2) is 4.79. The molecule has 0 radical (unpaired) electrons. The average molecular weight is 209 g/mol. The summed E-state index contributed by atoms with van der Waals surface area (Å²) < 4.78 is 0. The van der Waals surface area contributed by atoms with Gasteiger partial charge in [-0.05, 0) is 37.6 Å². The molecule has 1 aromatic rings. The minimum atomic E-state index is -0.272. The third kappa shape index (κ3) is 2.95. The van der Waals surface area contributed by atoms with E-state index < -0.39 is 0 Å². The Balaban J connectivity index is 2.78. The molecule has 0 aliphatic carbocycles. The zero-order chi connectivity index (χ0) is 11.4. The van der Waals surface area contributed by atoms with Gasteiger partial charge in [0, 0.05) is 11.6 Å². The van der Waals surface area contributed by atoms with Gasteiger partial charge in [0.2, 0.25) is 0 Å². The van der Waals surface area contributed by atoms with E-state index in [-0.39, 0.29) is 24.3 Å². The summed E-state index contributed by atoms with van der Waals surface area (Å²) in [6.07, 6.45) is 0. The lowest BCUT2D eigenvalue weighted by atomic mass is 10.1. The Morgan fingerprint density at radius 3 is 2.73 bits per heavy atom. The molecule has 0 saturated carbocycles. The van der Waals surface area contributed by atoms with Crippen molar-refractivity contribution in [3.63, 3.8) is 0 Å². The van der Waals surface area contributed by atoms with E-state index >= 15 is 0 Å². The van der Waals surface area contributed by atoms with E-state index in [0.29, 0.717) is 11.1 Å². The number of aliphatic hydroxyl groups excluding tert-OH is 1. The normalized spacial score (nSPS) is 12.2. The summed E-state index contributed by atoms with van der Waals surface area (Å²) in [4.78, 5) is 11.6. The van der Waals surface area contributed by atoms with Gasteiger partial charge >= 0.3 is 0 Å². The van der Waals surface area contributed by atoms with E-state index in [4.69, 9.17) is 5.11 Å². The molecule has 1 amide bonds. The Kier molecular flexibility index (Phi) is 3.68. The molecular weight excluding hydrogens is 194 g/mol. The first kappa shape index (κ1) is 11.5. The number of carbonyl (C=O) groups is 1. The second-order valence-corrected chi connectivity index (χ2v) is 3.56. The highest BCUT2D eigenvalue weighted by atomic mass is 16.3. The van der Waals surface area contributed by atoms with Crippen molar-refractivity contribution in [2.75, 3.05) is 6.61 Å². The standard InChI is InChI=1S/C11H15NO3/c1-7-5-9(3-4-10(7)14)11(15)12-8(2)6-13/h3-5,8,13-14H,6H2,1-2H3,(H,12,15)/t8-/m0/s1. The highest BCUT2D eigenvalue weighted by Gasteiger charge is 2.09. The van der Waals surface area contributed by atoms with Gasteiger partial charge in [-0.3, -0.25) is 4.79 Å². The molecular formula is C11H15NO3. The smallest absolute Gasteiger partial charge is 0.251 e. The second-order valence-electron chi connectivity index (χ2n) is 3.56. The van der Waals surface area contributed by atoms with E-state index in [2.05, 4.69) is 5.32 Å². The number of phenols is 1. The molecule has 0 bridgehead atoms. The molecule has 0 aliphatic rings. The van der Waals surface area contributed by atoms with Crippen molar-refractivity contribution < 1.29 is 15.0 Å². The summed E-state index contributed by atoms with van der Waals surface area (Å²) in [5, 5.41) is 20.7. The van der Waals surface area contributed by atoms with Crippen molar-refractivity contribution in [2.24, 2.45) is 0 Å². The molecule has 15 heavy (non-hydrogen) atoms. The predicted molar refractivity (Wildman–Crippen MR) is 56.9 cm³/mol. The lowest BCUT2D eigenvalue weighted by Crippen LogP contribution is -2.34. The van der Waals surface area contributed by atoms with Crippen LogP contribution in [0.4, 0.5) is 0 Å². The summed E-state index contributed by atoms with van der Waals surface area (Å²) >= 11 is 0. The molecule has 1 aromatic carbocycles. The quantitative estimate of drug-likeness (QED) is 0.690. The third-order valence-electron chi connectivity index (χ3n) is 2.11. The molecule has 82 valence electrons. The molecule has 0 spiro atoms. The number of amides is 1. The van der Waals surface area contributed by atoms with Gasteiger partial charge in [-0.1, -0.05) is 0 Å². The van der Waals surface area contributed by atoms with E-state index in [0.717, 1.165) is 0 Å². The Labute approximate surface area is 88.6 Å². The highest BCUT2D eigenvalue weighted by molar-refractivity contribution is 5.94. The molecule has 0 heterocycles. The van der Waals surface area contributed by atoms with Crippen LogP contribution in [0.15, 0.2) is 18.2 Å². The monoisotopic (exact) mass is 209 g/mol. The van der Waals surface area contributed by atoms with Crippen LogP contribution in [0.25, 0.3) is 0 Å². The fourth-order valence-corrected chi connectivity index (χ4v) is 1.15. The van der Waals surface area contributed by atoms with Gasteiger partial charge in [-0.15, -0.1) is 0 Å². The van der Waals surface area contributed by atoms with Crippen LogP contribution in [0.2, 0.25) is 0 Å². The number of nitrogens with one attached hydrogen (secondary N) is 1. The number of benzene rings is 1. The molecule has 0 saturated heterocycles. The number of carbonyl (C=O) groups excluding carboxylic acids is 1. The van der Waals surface area contributed by atoms with Crippen molar-refractivity contribution in [3.05, 3.63) is 29.3 Å². The van der Waals surface area contributed by atoms with Gasteiger partial charge in [0.25, 0.3) is 5.91 Å². The fraction of sp³-hybridized carbons (Fsp3) is 0.364. The predicted octanol–water partition coefficient (Wildman–Crippen LogP) is 0.811. The van der Waals surface area contributed by atoms with Gasteiger partial charge in [-0.2, -0.15) is 0 Å². The molecule has 0 aliphatic heterocycles. The number of hydrogen-bond acceptors (Lipinski definition) is 3. The molecule has 0 aromatic heterocycles. The third-order valence-corrected chi connectivity index (χ3v) is 2.11. The van der Waals surface area contributed by atoms with Crippen molar-refractivity contribution in [1.82, 2.24) is 5.32 Å². The number of aromatic hydroxyl groups is 1. The minimum absolute atomic E-state index is 0.0944. The van der Waals surface area contributed by atoms with Gasteiger partial charge in [0.15, 0.2) is 0 Å². The van der Waals surface area contributed by atoms with Gasteiger partial charge in [0.05, 0.1) is 6.61 Å². The largest absolute Gasteiger partial charge is 0.508 e. The van der Waals surface area contributed by atoms with E-state index in [1.165, 1.54) is 6.07 Å². The van der Waals surface area contributed by atoms with Gasteiger partial charge in [-0.25, -0.2) is 0 Å². The zero-order valence-corrected chi connectivity index (χ0v) is 8.82. The number of hydrogen-bond donors (Lipinski definition) is 3. The van der Waals surface area contributed by atoms with Crippen LogP contribution in [0.5, 0.6) is 5.75 Å². The highest BCUT2D eigenvalue weighted by Crippen LogP contribution is 2.16. The minimum Gasteiger partial charge on any atom is -0.508 e. The van der Waals surface area contributed by atoms with Crippen molar-refractivity contribution in [2.45, 2.75) is 19.9 Å². The number of phenolic OH excluding ortho intramolecular Hbond substituents is 1. The number of rotatable bonds is 3. The fourth-order valence-electron chi connectivity index (χ4n) is 1.15. The first-order valence-corrected chi connectivity index (χ1v) is 4.76. The van der Waals surface area contributed by atoms with Crippen molar-refractivity contribution >= 4 is 5.91 Å². The number of aliphatic hydroxyl groups is 1. The molecule has 3 N–H and O–H groups in total. The van der Waals surface area contributed by atoms with Crippen LogP contribution in [-0.2, 0) is 0 Å². The summed E-state index contributed by atoms with van der Waals surface area (Å²) in [6.45, 7) is 3.34. The zero-order valence-electron chi connectivity index (χ0n) is 8.82. The van der Waals surface area contributed by atoms with Crippen LogP contribution in [-0.4, -0.2) is 28.8 Å². The first-order valence-electron chi connectivity index (χ1n) is 4.76. The Bertz CT molecular complexity index is 363. The number of aryl methyl sites for hydroxylation is 1. The van der Waals surface area contributed by atoms with Crippen molar-refractivity contribution in [1.29, 1.82) is 0 Å². The molecule has 1 atom stereocenters. The lowest BCUT2D eigenvalue weighted by Gasteiger charge is -2.11. The van der Waals surface area contributed by atoms with E-state index in [9.17, 15) is 9.90 Å². The SMILES string of the molecule is Cc1cc(C(=O)N[C@@H](C)CO)ccc1O. The molecule has 4 heteroatoms. The summed E-state index contributed by atoms with van der Waals surface area (Å²) in [6, 6.07) is 4.36. The van der Waals surface area contributed by atoms with Crippen LogP contribution < -0.4 is 5.32 Å². The van der Waals surface area contributed by atoms with Crippen LogP contribution in [0, 0.1) is 6.92 Å². The van der Waals surface area contributed by atoms with E-state index in [1.807, 2.05) is 0 Å². The molecule has 4 nitrogen and oxygen atoms in total. The Hall–Kier alpha value is -1.55. The summed E-state index contributed by atoms with van der Waals surface area (Å²) in [5.41, 5.74) is 1.13.